The van der Waals surface area contributed by atoms with Gasteiger partial charge in [-0.25, -0.2) is 0 Å². The van der Waals surface area contributed by atoms with Crippen LogP contribution < -0.4 is 4.31 Å². The molecule has 0 aliphatic heterocycles. The van der Waals surface area contributed by atoms with E-state index in [1.165, 1.54) is 11.3 Å². The third kappa shape index (κ3) is 2.66. The molecule has 0 aliphatic carbocycles. The molecule has 1 rings (SSSR count). The van der Waals surface area contributed by atoms with Crippen LogP contribution in [0.1, 0.15) is 25.3 Å². The molecule has 0 heterocycles. The van der Waals surface area contributed by atoms with Crippen molar-refractivity contribution >= 4 is 17.6 Å². The molecular formula is C11H17NS. The molecule has 0 fully saturated rings. The summed E-state index contributed by atoms with van der Waals surface area (Å²) in [6.45, 7) is 4.44. The second kappa shape index (κ2) is 4.56. The molecular weight excluding hydrogens is 178 g/mol. The summed E-state index contributed by atoms with van der Waals surface area (Å²) in [6, 6.07) is 8.70. The highest BCUT2D eigenvalue weighted by atomic mass is 32.2. The number of anilines is 1. The first kappa shape index (κ1) is 10.5. The molecule has 0 atom stereocenters. The summed E-state index contributed by atoms with van der Waals surface area (Å²) in [5, 5.41) is 0. The minimum Gasteiger partial charge on any atom is -0.320 e. The van der Waals surface area contributed by atoms with Crippen LogP contribution in [0.2, 0.25) is 0 Å². The van der Waals surface area contributed by atoms with Gasteiger partial charge in [-0.05, 0) is 23.6 Å². The van der Waals surface area contributed by atoms with Crippen LogP contribution in [0.5, 0.6) is 0 Å². The van der Waals surface area contributed by atoms with Gasteiger partial charge in [0.2, 0.25) is 0 Å². The smallest absolute Gasteiger partial charge is 0.0469 e. The highest BCUT2D eigenvalue weighted by molar-refractivity contribution is 7.99. The molecule has 2 heteroatoms. The van der Waals surface area contributed by atoms with E-state index in [4.69, 9.17) is 0 Å². The van der Waals surface area contributed by atoms with Gasteiger partial charge in [-0.2, -0.15) is 0 Å². The topological polar surface area (TPSA) is 3.24 Å². The molecule has 1 aromatic carbocycles. The monoisotopic (exact) mass is 195 g/mol. The lowest BCUT2D eigenvalue weighted by Gasteiger charge is -2.17. The molecule has 72 valence electrons. The van der Waals surface area contributed by atoms with E-state index in [1.807, 2.05) is 0 Å². The lowest BCUT2D eigenvalue weighted by atomic mass is 10.0. The van der Waals surface area contributed by atoms with Crippen molar-refractivity contribution in [2.45, 2.75) is 19.8 Å². The summed E-state index contributed by atoms with van der Waals surface area (Å²) in [6.07, 6.45) is 2.09. The molecule has 0 amide bonds. The van der Waals surface area contributed by atoms with E-state index < -0.39 is 0 Å². The molecule has 0 radical (unpaired) electrons. The van der Waals surface area contributed by atoms with Crippen molar-refractivity contribution in [2.75, 3.05) is 17.6 Å². The van der Waals surface area contributed by atoms with Crippen molar-refractivity contribution in [1.29, 1.82) is 0 Å². The fourth-order valence-electron chi connectivity index (χ4n) is 1.19. The molecule has 0 N–H and O–H groups in total. The lowest BCUT2D eigenvalue weighted by molar-refractivity contribution is 0.866. The minimum atomic E-state index is 0.607. The van der Waals surface area contributed by atoms with Crippen LogP contribution in [0.25, 0.3) is 0 Å². The van der Waals surface area contributed by atoms with Gasteiger partial charge in [-0.3, -0.25) is 0 Å². The summed E-state index contributed by atoms with van der Waals surface area (Å²) < 4.78 is 2.17. The second-order valence-corrected chi connectivity index (χ2v) is 4.34. The summed E-state index contributed by atoms with van der Waals surface area (Å²) >= 11 is 1.73. The van der Waals surface area contributed by atoms with E-state index in [2.05, 4.69) is 55.7 Å². The van der Waals surface area contributed by atoms with E-state index in [0.717, 1.165) is 0 Å². The van der Waals surface area contributed by atoms with Gasteiger partial charge < -0.3 is 4.31 Å². The summed E-state index contributed by atoms with van der Waals surface area (Å²) in [5.74, 6) is 0.607. The second-order valence-electron chi connectivity index (χ2n) is 3.43. The van der Waals surface area contributed by atoms with Gasteiger partial charge in [0.25, 0.3) is 0 Å². The van der Waals surface area contributed by atoms with E-state index >= 15 is 0 Å². The Morgan fingerprint density at radius 3 is 2.54 bits per heavy atom. The maximum absolute atomic E-state index is 2.25. The Hall–Kier alpha value is -0.630. The van der Waals surface area contributed by atoms with Crippen LogP contribution in [-0.2, 0) is 0 Å². The number of benzene rings is 1. The quantitative estimate of drug-likeness (QED) is 0.679. The van der Waals surface area contributed by atoms with Gasteiger partial charge in [0.1, 0.15) is 0 Å². The number of hydrogen-bond acceptors (Lipinski definition) is 2. The highest BCUT2D eigenvalue weighted by Crippen LogP contribution is 2.23. The third-order valence-electron chi connectivity index (χ3n) is 2.17. The molecule has 1 nitrogen and oxygen atoms in total. The first-order valence-electron chi connectivity index (χ1n) is 4.53. The zero-order valence-electron chi connectivity index (χ0n) is 8.74. The molecule has 0 saturated carbocycles. The molecule has 1 aromatic rings. The Morgan fingerprint density at radius 1 is 1.31 bits per heavy atom. The predicted octanol–water partition coefficient (Wildman–Crippen LogP) is 3.52. The van der Waals surface area contributed by atoms with Crippen LogP contribution in [0.4, 0.5) is 5.69 Å². The molecule has 0 aliphatic rings. The van der Waals surface area contributed by atoms with Gasteiger partial charge in [0.15, 0.2) is 0 Å². The average molecular weight is 195 g/mol. The van der Waals surface area contributed by atoms with Crippen molar-refractivity contribution in [3.8, 4) is 0 Å². The van der Waals surface area contributed by atoms with E-state index in [0.29, 0.717) is 5.92 Å². The molecule has 0 aromatic heterocycles. The zero-order chi connectivity index (χ0) is 9.84. The zero-order valence-corrected chi connectivity index (χ0v) is 9.56. The molecule has 0 spiro atoms. The predicted molar refractivity (Wildman–Crippen MR) is 62.4 cm³/mol. The first-order chi connectivity index (χ1) is 6.15. The van der Waals surface area contributed by atoms with Gasteiger partial charge in [0.05, 0.1) is 0 Å². The van der Waals surface area contributed by atoms with Crippen LogP contribution in [0, 0.1) is 0 Å². The van der Waals surface area contributed by atoms with Gasteiger partial charge >= 0.3 is 0 Å². The highest BCUT2D eigenvalue weighted by Gasteiger charge is 2.02. The SMILES string of the molecule is CSN(C)c1cccc(C(C)C)c1. The van der Waals surface area contributed by atoms with Crippen molar-refractivity contribution in [1.82, 2.24) is 0 Å². The van der Waals surface area contributed by atoms with Crippen molar-refractivity contribution < 1.29 is 0 Å². The molecule has 0 bridgehead atoms. The summed E-state index contributed by atoms with van der Waals surface area (Å²) in [7, 11) is 2.09. The van der Waals surface area contributed by atoms with E-state index in [1.54, 1.807) is 11.9 Å². The maximum Gasteiger partial charge on any atom is 0.0469 e. The van der Waals surface area contributed by atoms with Crippen LogP contribution in [0.3, 0.4) is 0 Å². The van der Waals surface area contributed by atoms with Gasteiger partial charge in [-0.1, -0.05) is 37.9 Å². The first-order valence-corrected chi connectivity index (χ1v) is 5.71. The van der Waals surface area contributed by atoms with Crippen LogP contribution in [0.15, 0.2) is 24.3 Å². The Balaban J connectivity index is 2.91. The number of nitrogens with zero attached hydrogens (tertiary/aromatic N) is 1. The van der Waals surface area contributed by atoms with Gasteiger partial charge in [0, 0.05) is 19.0 Å². The molecule has 0 unspecified atom stereocenters. The molecule has 13 heavy (non-hydrogen) atoms. The average Bonchev–Trinajstić information content (AvgIpc) is 2.17. The van der Waals surface area contributed by atoms with Crippen molar-refractivity contribution in [3.05, 3.63) is 29.8 Å². The van der Waals surface area contributed by atoms with Crippen LogP contribution in [-0.4, -0.2) is 13.3 Å². The van der Waals surface area contributed by atoms with E-state index in [9.17, 15) is 0 Å². The Kier molecular flexibility index (Phi) is 3.67. The Labute approximate surface area is 85.3 Å². The normalized spacial score (nSPS) is 10.5. The van der Waals surface area contributed by atoms with Crippen molar-refractivity contribution in [2.24, 2.45) is 0 Å². The Morgan fingerprint density at radius 2 is 2.00 bits per heavy atom. The van der Waals surface area contributed by atoms with Gasteiger partial charge in [-0.15, -0.1) is 0 Å². The van der Waals surface area contributed by atoms with Crippen molar-refractivity contribution in [3.63, 3.8) is 0 Å². The number of hydrogen-bond donors (Lipinski definition) is 0. The summed E-state index contributed by atoms with van der Waals surface area (Å²) in [4.78, 5) is 0. The fraction of sp³-hybridized carbons (Fsp3) is 0.455. The van der Waals surface area contributed by atoms with E-state index in [-0.39, 0.29) is 0 Å². The standard InChI is InChI=1S/C11H17NS/c1-9(2)10-6-5-7-11(8-10)12(3)13-4/h5-9H,1-4H3. The largest absolute Gasteiger partial charge is 0.320 e. The third-order valence-corrected chi connectivity index (χ3v) is 2.93. The Bertz CT molecular complexity index is 271. The summed E-state index contributed by atoms with van der Waals surface area (Å²) in [5.41, 5.74) is 2.68. The van der Waals surface area contributed by atoms with Crippen LogP contribution >= 0.6 is 11.9 Å². The minimum absolute atomic E-state index is 0.607. The maximum atomic E-state index is 2.25. The fourth-order valence-corrected chi connectivity index (χ4v) is 1.51. The number of rotatable bonds is 3. The molecule has 0 saturated heterocycles. The lowest BCUT2D eigenvalue weighted by Crippen LogP contribution is -2.05.